The number of nitrogens with zero attached hydrogens (tertiary/aromatic N) is 3. The van der Waals surface area contributed by atoms with Crippen LogP contribution >= 0.6 is 11.6 Å². The van der Waals surface area contributed by atoms with E-state index in [1.807, 2.05) is 6.07 Å². The van der Waals surface area contributed by atoms with Crippen LogP contribution in [0.5, 0.6) is 0 Å². The molecule has 0 bridgehead atoms. The fraction of sp³-hybridized carbons (Fsp3) is 0.333. The molecule has 3 aliphatic rings. The Bertz CT molecular complexity index is 1280. The molecule has 2 saturated carbocycles. The van der Waals surface area contributed by atoms with Crippen molar-refractivity contribution in [2.24, 2.45) is 17.3 Å². The lowest BCUT2D eigenvalue weighted by Gasteiger charge is -2.31. The summed E-state index contributed by atoms with van der Waals surface area (Å²) in [6.45, 7) is 0.592. The van der Waals surface area contributed by atoms with Crippen LogP contribution in [-0.2, 0) is 4.79 Å². The fourth-order valence-corrected chi connectivity index (χ4v) is 6.18. The number of carbonyl (C=O) groups excluding carboxylic acids is 2. The molecule has 0 radical (unpaired) electrons. The molecule has 162 valence electrons. The highest BCUT2D eigenvalue weighted by atomic mass is 35.5. The smallest absolute Gasteiger partial charge is 0.253 e. The summed E-state index contributed by atoms with van der Waals surface area (Å²) < 4.78 is 13.4. The van der Waals surface area contributed by atoms with E-state index in [1.165, 1.54) is 12.1 Å². The molecule has 6 nitrogen and oxygen atoms in total. The molecule has 6 rings (SSSR count). The van der Waals surface area contributed by atoms with Gasteiger partial charge in [-0.1, -0.05) is 17.7 Å². The van der Waals surface area contributed by atoms with Crippen LogP contribution in [0.4, 0.5) is 10.1 Å². The Balaban J connectivity index is 1.16. The number of amides is 2. The van der Waals surface area contributed by atoms with Crippen molar-refractivity contribution >= 4 is 40.1 Å². The van der Waals surface area contributed by atoms with E-state index in [2.05, 4.69) is 15.3 Å². The van der Waals surface area contributed by atoms with E-state index in [1.54, 1.807) is 35.5 Å². The number of carbonyl (C=O) groups is 2. The molecule has 2 heterocycles. The van der Waals surface area contributed by atoms with Gasteiger partial charge in [0, 0.05) is 25.0 Å². The molecule has 4 atom stereocenters. The highest BCUT2D eigenvalue weighted by Crippen LogP contribution is 2.70. The first-order valence-corrected chi connectivity index (χ1v) is 11.1. The van der Waals surface area contributed by atoms with Gasteiger partial charge < -0.3 is 10.2 Å². The summed E-state index contributed by atoms with van der Waals surface area (Å²) >= 11 is 6.20. The minimum absolute atomic E-state index is 0.0197. The number of para-hydroxylation sites is 1. The van der Waals surface area contributed by atoms with E-state index in [9.17, 15) is 14.0 Å². The molecule has 1 N–H and O–H groups in total. The van der Waals surface area contributed by atoms with Gasteiger partial charge in [-0.3, -0.25) is 19.6 Å². The number of rotatable bonds is 3. The highest BCUT2D eigenvalue weighted by Gasteiger charge is 2.75. The number of hydrogen-bond donors (Lipinski definition) is 1. The van der Waals surface area contributed by atoms with Crippen molar-refractivity contribution in [1.82, 2.24) is 15.3 Å². The Morgan fingerprint density at radius 2 is 2.03 bits per heavy atom. The van der Waals surface area contributed by atoms with E-state index in [-0.39, 0.29) is 40.1 Å². The van der Waals surface area contributed by atoms with Gasteiger partial charge in [0.1, 0.15) is 11.3 Å². The van der Waals surface area contributed by atoms with Crippen molar-refractivity contribution < 1.29 is 14.0 Å². The largest absolute Gasteiger partial charge is 0.349 e. The average molecular weight is 451 g/mol. The predicted molar refractivity (Wildman–Crippen MR) is 118 cm³/mol. The summed E-state index contributed by atoms with van der Waals surface area (Å²) in [5.74, 6) is 0.0160. The molecule has 3 fully saturated rings. The SMILES string of the molecule is O=C(N[C@H]1CC[C@]23C(=O)N(c4ccc(F)cc4Cl)CC2C3C1)c1cccc2nccnc12. The van der Waals surface area contributed by atoms with Crippen LogP contribution in [0.1, 0.15) is 29.6 Å². The molecular weight excluding hydrogens is 431 g/mol. The normalized spacial score (nSPS) is 28.4. The van der Waals surface area contributed by atoms with Crippen LogP contribution in [0.3, 0.4) is 0 Å². The van der Waals surface area contributed by atoms with Gasteiger partial charge in [-0.15, -0.1) is 0 Å². The number of aromatic nitrogens is 2. The van der Waals surface area contributed by atoms with E-state index in [0.29, 0.717) is 28.8 Å². The monoisotopic (exact) mass is 450 g/mol. The van der Waals surface area contributed by atoms with E-state index in [0.717, 1.165) is 19.3 Å². The van der Waals surface area contributed by atoms with Gasteiger partial charge >= 0.3 is 0 Å². The second kappa shape index (κ2) is 6.97. The third-order valence-corrected chi connectivity index (χ3v) is 7.75. The lowest BCUT2D eigenvalue weighted by molar-refractivity contribution is -0.123. The zero-order valence-electron chi connectivity index (χ0n) is 17.1. The summed E-state index contributed by atoms with van der Waals surface area (Å²) in [4.78, 5) is 36.6. The van der Waals surface area contributed by atoms with Gasteiger partial charge in [0.15, 0.2) is 0 Å². The van der Waals surface area contributed by atoms with E-state index >= 15 is 0 Å². The third-order valence-electron chi connectivity index (χ3n) is 7.45. The Kier molecular flexibility index (Phi) is 4.27. The van der Waals surface area contributed by atoms with Crippen molar-refractivity contribution in [3.8, 4) is 0 Å². The second-order valence-electron chi connectivity index (χ2n) is 8.94. The summed E-state index contributed by atoms with van der Waals surface area (Å²) in [5.41, 5.74) is 2.00. The summed E-state index contributed by atoms with van der Waals surface area (Å²) in [5, 5.41) is 3.41. The Morgan fingerprint density at radius 3 is 2.88 bits per heavy atom. The standard InChI is InChI=1S/C24H20ClFN4O2/c25-18-10-13(26)4-5-20(18)30-12-17-16-11-14(6-7-24(16,17)23(30)32)29-22(31)15-2-1-3-19-21(15)28-9-8-27-19/h1-5,8-10,14,16-17H,6-7,11-12H2,(H,29,31)/t14-,16?,17?,24+/m0/s1. The molecular formula is C24H20ClFN4O2. The summed E-state index contributed by atoms with van der Waals surface area (Å²) in [7, 11) is 0. The maximum Gasteiger partial charge on any atom is 0.253 e. The van der Waals surface area contributed by atoms with Crippen LogP contribution in [0, 0.1) is 23.1 Å². The topological polar surface area (TPSA) is 75.2 Å². The Hall–Kier alpha value is -3.06. The van der Waals surface area contributed by atoms with Gasteiger partial charge in [0.25, 0.3) is 5.91 Å². The van der Waals surface area contributed by atoms with Crippen LogP contribution in [-0.4, -0.2) is 34.4 Å². The van der Waals surface area contributed by atoms with Gasteiger partial charge in [0.2, 0.25) is 5.91 Å². The quantitative estimate of drug-likeness (QED) is 0.654. The maximum atomic E-state index is 13.4. The molecule has 32 heavy (non-hydrogen) atoms. The lowest BCUT2D eigenvalue weighted by Crippen LogP contribution is -2.42. The third kappa shape index (κ3) is 2.77. The number of hydrogen-bond acceptors (Lipinski definition) is 4. The molecule has 3 aromatic rings. The first-order chi connectivity index (χ1) is 15.5. The Morgan fingerprint density at radius 1 is 1.19 bits per heavy atom. The summed E-state index contributed by atoms with van der Waals surface area (Å²) in [6.07, 6.45) is 5.45. The highest BCUT2D eigenvalue weighted by molar-refractivity contribution is 6.34. The fourth-order valence-electron chi connectivity index (χ4n) is 5.91. The molecule has 2 unspecified atom stereocenters. The van der Waals surface area contributed by atoms with Crippen molar-refractivity contribution in [2.45, 2.75) is 25.3 Å². The number of fused-ring (bicyclic) bond motifs is 2. The second-order valence-corrected chi connectivity index (χ2v) is 9.35. The van der Waals surface area contributed by atoms with Crippen molar-refractivity contribution in [2.75, 3.05) is 11.4 Å². The minimum atomic E-state index is -0.417. The number of benzene rings is 2. The predicted octanol–water partition coefficient (Wildman–Crippen LogP) is 3.98. The zero-order chi connectivity index (χ0) is 22.0. The maximum absolute atomic E-state index is 13.4. The van der Waals surface area contributed by atoms with Crippen molar-refractivity contribution in [3.63, 3.8) is 0 Å². The van der Waals surface area contributed by atoms with Crippen LogP contribution < -0.4 is 10.2 Å². The Labute approximate surface area is 188 Å². The van der Waals surface area contributed by atoms with Crippen LogP contribution in [0.25, 0.3) is 11.0 Å². The molecule has 8 heteroatoms. The van der Waals surface area contributed by atoms with Crippen molar-refractivity contribution in [1.29, 1.82) is 0 Å². The van der Waals surface area contributed by atoms with E-state index < -0.39 is 5.82 Å². The molecule has 1 saturated heterocycles. The van der Waals surface area contributed by atoms with Gasteiger partial charge in [0.05, 0.1) is 27.2 Å². The number of piperidine rings is 1. The number of halogens is 2. The van der Waals surface area contributed by atoms with Gasteiger partial charge in [-0.05, 0) is 61.4 Å². The average Bonchev–Trinajstić information content (AvgIpc) is 3.34. The first kappa shape index (κ1) is 19.6. The van der Waals surface area contributed by atoms with Gasteiger partial charge in [-0.2, -0.15) is 0 Å². The lowest BCUT2D eigenvalue weighted by atomic mass is 9.84. The molecule has 1 spiro atoms. The minimum Gasteiger partial charge on any atom is -0.349 e. The van der Waals surface area contributed by atoms with Crippen LogP contribution in [0.2, 0.25) is 5.02 Å². The number of anilines is 1. The molecule has 1 aromatic heterocycles. The molecule has 2 aromatic carbocycles. The van der Waals surface area contributed by atoms with Crippen molar-refractivity contribution in [3.05, 3.63) is 65.2 Å². The summed E-state index contributed by atoms with van der Waals surface area (Å²) in [6, 6.07) is 9.57. The number of nitrogens with one attached hydrogen (secondary N) is 1. The first-order valence-electron chi connectivity index (χ1n) is 10.8. The van der Waals surface area contributed by atoms with E-state index in [4.69, 9.17) is 11.6 Å². The zero-order valence-corrected chi connectivity index (χ0v) is 17.8. The molecule has 2 aliphatic carbocycles. The van der Waals surface area contributed by atoms with Crippen LogP contribution in [0.15, 0.2) is 48.8 Å². The van der Waals surface area contributed by atoms with Gasteiger partial charge in [-0.25, -0.2) is 4.39 Å². The molecule has 1 aliphatic heterocycles. The molecule has 2 amide bonds.